The van der Waals surface area contributed by atoms with Gasteiger partial charge in [0.05, 0.1) is 5.69 Å². The largest absolute Gasteiger partial charge is 0.371 e. The van der Waals surface area contributed by atoms with Crippen LogP contribution in [0, 0.1) is 0 Å². The summed E-state index contributed by atoms with van der Waals surface area (Å²) in [5, 5.41) is 3.29. The summed E-state index contributed by atoms with van der Waals surface area (Å²) in [6, 6.07) is 8.25. The number of hydrogen-bond acceptors (Lipinski definition) is 3. The lowest BCUT2D eigenvalue weighted by molar-refractivity contribution is -0.0279. The Hall–Kier alpha value is -0.710. The van der Waals surface area contributed by atoms with Crippen molar-refractivity contribution in [1.29, 1.82) is 0 Å². The van der Waals surface area contributed by atoms with Crippen LogP contribution in [0.3, 0.4) is 0 Å². The average Bonchev–Trinajstić information content (AvgIpc) is 2.87. The van der Waals surface area contributed by atoms with Crippen LogP contribution < -0.4 is 0 Å². The van der Waals surface area contributed by atoms with Crippen molar-refractivity contribution >= 4 is 27.3 Å². The van der Waals surface area contributed by atoms with E-state index in [0.29, 0.717) is 0 Å². The lowest BCUT2D eigenvalue weighted by atomic mass is 9.95. The molecular weight excluding hydrogens is 346 g/mol. The predicted octanol–water partition coefficient (Wildman–Crippen LogP) is 5.77. The first-order valence-electron chi connectivity index (χ1n) is 7.51. The first-order valence-corrected chi connectivity index (χ1v) is 9.18. The summed E-state index contributed by atoms with van der Waals surface area (Å²) in [6.07, 6.45) is 7.27. The molecule has 1 aliphatic rings. The van der Waals surface area contributed by atoms with E-state index in [4.69, 9.17) is 9.72 Å². The van der Waals surface area contributed by atoms with Crippen molar-refractivity contribution in [2.45, 2.75) is 44.1 Å². The second kappa shape index (κ2) is 6.59. The lowest BCUT2D eigenvalue weighted by Crippen LogP contribution is -2.27. The van der Waals surface area contributed by atoms with Crippen LogP contribution in [0.2, 0.25) is 0 Å². The Morgan fingerprint density at radius 1 is 1.14 bits per heavy atom. The van der Waals surface area contributed by atoms with Gasteiger partial charge in [0.25, 0.3) is 0 Å². The minimum Gasteiger partial charge on any atom is -0.371 e. The molecule has 2 aromatic rings. The van der Waals surface area contributed by atoms with Gasteiger partial charge in [-0.3, -0.25) is 0 Å². The van der Waals surface area contributed by atoms with Gasteiger partial charge in [-0.2, -0.15) is 0 Å². The van der Waals surface area contributed by atoms with Crippen LogP contribution in [-0.4, -0.2) is 12.1 Å². The molecule has 2 nitrogen and oxygen atoms in total. The van der Waals surface area contributed by atoms with Crippen LogP contribution in [0.1, 0.15) is 43.5 Å². The summed E-state index contributed by atoms with van der Waals surface area (Å²) >= 11 is 5.35. The van der Waals surface area contributed by atoms with Crippen molar-refractivity contribution in [3.63, 3.8) is 0 Å². The zero-order valence-electron chi connectivity index (χ0n) is 12.3. The number of ether oxygens (including phenoxy) is 1. The highest BCUT2D eigenvalue weighted by Crippen LogP contribution is 2.41. The average molecular weight is 366 g/mol. The molecule has 0 radical (unpaired) electrons. The Morgan fingerprint density at radius 3 is 2.52 bits per heavy atom. The second-order valence-corrected chi connectivity index (χ2v) is 7.34. The molecule has 1 aromatic carbocycles. The van der Waals surface area contributed by atoms with Gasteiger partial charge in [0.15, 0.2) is 0 Å². The van der Waals surface area contributed by atoms with Gasteiger partial charge in [0, 0.05) is 22.5 Å². The zero-order valence-corrected chi connectivity index (χ0v) is 14.7. The smallest absolute Gasteiger partial charge is 0.125 e. The first-order chi connectivity index (χ1) is 10.2. The van der Waals surface area contributed by atoms with Crippen molar-refractivity contribution in [2.75, 3.05) is 7.11 Å². The van der Waals surface area contributed by atoms with Crippen molar-refractivity contribution < 1.29 is 4.74 Å². The quantitative estimate of drug-likeness (QED) is 0.644. The number of aromatic nitrogens is 1. The summed E-state index contributed by atoms with van der Waals surface area (Å²) in [7, 11) is 1.84. The third kappa shape index (κ3) is 3.08. The van der Waals surface area contributed by atoms with Gasteiger partial charge in [-0.1, -0.05) is 59.8 Å². The van der Waals surface area contributed by atoms with Gasteiger partial charge in [0.1, 0.15) is 10.6 Å². The van der Waals surface area contributed by atoms with Crippen LogP contribution in [0.15, 0.2) is 34.1 Å². The number of benzene rings is 1. The molecule has 3 rings (SSSR count). The molecule has 1 aromatic heterocycles. The fourth-order valence-corrected chi connectivity index (χ4v) is 4.62. The summed E-state index contributed by atoms with van der Waals surface area (Å²) in [6.45, 7) is 0. The van der Waals surface area contributed by atoms with Gasteiger partial charge >= 0.3 is 0 Å². The topological polar surface area (TPSA) is 22.1 Å². The van der Waals surface area contributed by atoms with Crippen molar-refractivity contribution in [3.8, 4) is 11.3 Å². The fourth-order valence-electron chi connectivity index (χ4n) is 3.08. The molecule has 0 spiro atoms. The van der Waals surface area contributed by atoms with E-state index in [-0.39, 0.29) is 5.60 Å². The summed E-state index contributed by atoms with van der Waals surface area (Å²) in [5.74, 6) is 0. The normalized spacial score (nSPS) is 18.4. The molecule has 1 heterocycles. The molecule has 0 bridgehead atoms. The number of halogens is 1. The summed E-state index contributed by atoms with van der Waals surface area (Å²) in [4.78, 5) is 4.91. The standard InChI is InChI=1S/C17H20BrNOS/c1-20-17(10-6-2-3-7-11-17)16-19-15(12-21-16)13-8-4-5-9-14(13)18/h4-5,8-9,12H,2-3,6-7,10-11H2,1H3. The van der Waals surface area contributed by atoms with Gasteiger partial charge in [-0.05, 0) is 18.9 Å². The Balaban J connectivity index is 1.95. The molecule has 1 aliphatic carbocycles. The highest BCUT2D eigenvalue weighted by atomic mass is 79.9. The summed E-state index contributed by atoms with van der Waals surface area (Å²) < 4.78 is 7.05. The maximum atomic E-state index is 5.96. The predicted molar refractivity (Wildman–Crippen MR) is 91.6 cm³/mol. The second-order valence-electron chi connectivity index (χ2n) is 5.63. The Morgan fingerprint density at radius 2 is 1.86 bits per heavy atom. The van der Waals surface area contributed by atoms with E-state index in [1.54, 1.807) is 11.3 Å². The van der Waals surface area contributed by atoms with E-state index < -0.39 is 0 Å². The van der Waals surface area contributed by atoms with Crippen LogP contribution in [0.4, 0.5) is 0 Å². The number of nitrogens with zero attached hydrogens (tertiary/aromatic N) is 1. The van der Waals surface area contributed by atoms with Crippen molar-refractivity contribution in [2.24, 2.45) is 0 Å². The maximum Gasteiger partial charge on any atom is 0.125 e. The van der Waals surface area contributed by atoms with Gasteiger partial charge in [0.2, 0.25) is 0 Å². The Labute approximate surface area is 138 Å². The maximum absolute atomic E-state index is 5.96. The highest BCUT2D eigenvalue weighted by Gasteiger charge is 2.35. The van der Waals surface area contributed by atoms with Crippen molar-refractivity contribution in [1.82, 2.24) is 4.98 Å². The third-order valence-corrected chi connectivity index (χ3v) is 6.06. The van der Waals surface area contributed by atoms with Crippen LogP contribution in [0.25, 0.3) is 11.3 Å². The minimum atomic E-state index is -0.166. The van der Waals surface area contributed by atoms with Crippen LogP contribution in [0.5, 0.6) is 0 Å². The van der Waals surface area contributed by atoms with Gasteiger partial charge in [-0.15, -0.1) is 11.3 Å². The molecule has 1 saturated carbocycles. The molecule has 0 aliphatic heterocycles. The number of hydrogen-bond donors (Lipinski definition) is 0. The molecule has 0 saturated heterocycles. The van der Waals surface area contributed by atoms with E-state index >= 15 is 0 Å². The first kappa shape index (κ1) is 15.2. The lowest BCUT2D eigenvalue weighted by Gasteiger charge is -2.29. The molecule has 0 amide bonds. The molecular formula is C17H20BrNOS. The zero-order chi connectivity index (χ0) is 14.7. The van der Waals surface area contributed by atoms with Gasteiger partial charge < -0.3 is 4.74 Å². The molecule has 21 heavy (non-hydrogen) atoms. The molecule has 112 valence electrons. The van der Waals surface area contributed by atoms with E-state index in [1.807, 2.05) is 13.2 Å². The SMILES string of the molecule is COC1(c2nc(-c3ccccc3Br)cs2)CCCCCC1. The molecule has 1 fully saturated rings. The number of methoxy groups -OCH3 is 1. The number of rotatable bonds is 3. The van der Waals surface area contributed by atoms with E-state index in [1.165, 1.54) is 25.7 Å². The highest BCUT2D eigenvalue weighted by molar-refractivity contribution is 9.10. The number of thiazole rings is 1. The monoisotopic (exact) mass is 365 g/mol. The minimum absolute atomic E-state index is 0.166. The molecule has 0 unspecified atom stereocenters. The Kier molecular flexibility index (Phi) is 4.77. The Bertz CT molecular complexity index is 602. The molecule has 0 N–H and O–H groups in total. The third-order valence-electron chi connectivity index (χ3n) is 4.35. The van der Waals surface area contributed by atoms with Gasteiger partial charge in [-0.25, -0.2) is 4.98 Å². The van der Waals surface area contributed by atoms with Crippen molar-refractivity contribution in [3.05, 3.63) is 39.1 Å². The van der Waals surface area contributed by atoms with E-state index in [9.17, 15) is 0 Å². The van der Waals surface area contributed by atoms with E-state index in [2.05, 4.69) is 39.5 Å². The van der Waals surface area contributed by atoms with Crippen LogP contribution >= 0.6 is 27.3 Å². The van der Waals surface area contributed by atoms with E-state index in [0.717, 1.165) is 33.6 Å². The van der Waals surface area contributed by atoms with Crippen LogP contribution in [-0.2, 0) is 10.3 Å². The molecule has 4 heteroatoms. The summed E-state index contributed by atoms with van der Waals surface area (Å²) in [5.41, 5.74) is 2.03. The fraction of sp³-hybridized carbons (Fsp3) is 0.471. The molecule has 0 atom stereocenters.